The number of unbranched alkanes of at least 4 members (excludes halogenated alkanes) is 3. The first-order valence-corrected chi connectivity index (χ1v) is 6.54. The van der Waals surface area contributed by atoms with Crippen molar-refractivity contribution in [1.29, 1.82) is 0 Å². The van der Waals surface area contributed by atoms with Crippen LogP contribution in [0.25, 0.3) is 0 Å². The van der Waals surface area contributed by atoms with Gasteiger partial charge in [-0.25, -0.2) is 0 Å². The molecule has 5 heteroatoms. The van der Waals surface area contributed by atoms with Gasteiger partial charge in [0.2, 0.25) is 0 Å². The van der Waals surface area contributed by atoms with E-state index in [0.29, 0.717) is 6.42 Å². The summed E-state index contributed by atoms with van der Waals surface area (Å²) in [7, 11) is 0. The van der Waals surface area contributed by atoms with Crippen LogP contribution in [-0.2, 0) is 11.5 Å². The van der Waals surface area contributed by atoms with Gasteiger partial charge in [0.25, 0.3) is 0 Å². The Morgan fingerprint density at radius 1 is 1.27 bits per heavy atom. The van der Waals surface area contributed by atoms with E-state index in [-0.39, 0.29) is 6.61 Å². The summed E-state index contributed by atoms with van der Waals surface area (Å²) in [5.41, 5.74) is 0. The number of rotatable bonds is 6. The topological polar surface area (TPSA) is 63.6 Å². The maximum atomic E-state index is 10.1. The minimum absolute atomic E-state index is 0.115. The van der Waals surface area contributed by atoms with Crippen LogP contribution in [0.5, 0.6) is 0 Å². The Morgan fingerprint density at radius 3 is 2.36 bits per heavy atom. The molecular weight excluding hydrogens is 215 g/mol. The van der Waals surface area contributed by atoms with Crippen molar-refractivity contribution in [3.63, 3.8) is 0 Å². The van der Waals surface area contributed by atoms with E-state index in [0.717, 1.165) is 19.3 Å². The Morgan fingerprint density at radius 2 is 1.91 bits per heavy atom. The predicted octanol–water partition coefficient (Wildman–Crippen LogP) is 0.872. The van der Waals surface area contributed by atoms with Crippen LogP contribution in [0.4, 0.5) is 0 Å². The fourth-order valence-corrected chi connectivity index (χ4v) is 1.38. The van der Waals surface area contributed by atoms with Crippen LogP contribution in [0, 0.1) is 0 Å². The van der Waals surface area contributed by atoms with Crippen LogP contribution in [-0.4, -0.2) is 24.2 Å². The molecule has 0 aromatic heterocycles. The van der Waals surface area contributed by atoms with Crippen LogP contribution in [0.3, 0.4) is 0 Å². The molecule has 0 atom stereocenters. The summed E-state index contributed by atoms with van der Waals surface area (Å²) in [6.07, 6.45) is 3.81. The third-order valence-electron chi connectivity index (χ3n) is 1.23. The molecule has 0 spiro atoms. The van der Waals surface area contributed by atoms with Gasteiger partial charge in [-0.05, 0) is 0 Å². The van der Waals surface area contributed by atoms with Crippen molar-refractivity contribution in [2.45, 2.75) is 32.6 Å². The molecule has 0 amide bonds. The quantitative estimate of drug-likeness (QED) is 0.542. The summed E-state index contributed by atoms with van der Waals surface area (Å²) in [4.78, 5) is 0. The average Bonchev–Trinajstić information content (AvgIpc) is 1.85. The van der Waals surface area contributed by atoms with Crippen molar-refractivity contribution in [3.05, 3.63) is 0 Å². The van der Waals surface area contributed by atoms with Gasteiger partial charge in [-0.15, -0.1) is 0 Å². The summed E-state index contributed by atoms with van der Waals surface area (Å²) >= 11 is -4.88. The zero-order chi connectivity index (χ0) is 8.74. The molecule has 0 saturated carbocycles. The third-order valence-corrected chi connectivity index (χ3v) is 2.20. The van der Waals surface area contributed by atoms with E-state index in [9.17, 15) is 7.67 Å². The molecule has 0 saturated heterocycles. The number of hydrogen-bond donors (Lipinski definition) is 1. The molecule has 0 rings (SSSR count). The van der Waals surface area contributed by atoms with Gasteiger partial charge in [0.05, 0.1) is 0 Å². The van der Waals surface area contributed by atoms with Gasteiger partial charge in [-0.2, -0.15) is 0 Å². The average molecular weight is 229 g/mol. The second-order valence-corrected chi connectivity index (χ2v) is 4.60. The molecule has 1 N–H and O–H groups in total. The van der Waals surface area contributed by atoms with E-state index in [1.54, 1.807) is 0 Å². The summed E-state index contributed by atoms with van der Waals surface area (Å²) in [5, 5.41) is 0. The third kappa shape index (κ3) is 10.0. The molecule has 0 fully saturated rings. The minimum atomic E-state index is -4.88. The molecule has 0 aliphatic carbocycles. The fraction of sp³-hybridized carbons (Fsp3) is 1.00. The van der Waals surface area contributed by atoms with Crippen molar-refractivity contribution in [1.82, 2.24) is 0 Å². The standard InChI is InChI=1S/C6H14O4Se/c1-2-3-4-5-6-10-11(7,8)9/h2-6H2,1H3,(H,7,8,9). The van der Waals surface area contributed by atoms with Gasteiger partial charge in [-0.1, -0.05) is 0 Å². The second kappa shape index (κ2) is 5.66. The molecule has 0 aromatic rings. The van der Waals surface area contributed by atoms with E-state index in [1.165, 1.54) is 0 Å². The van der Waals surface area contributed by atoms with E-state index in [2.05, 4.69) is 10.7 Å². The summed E-state index contributed by atoms with van der Waals surface area (Å²) in [6.45, 7) is 2.18. The fourth-order valence-electron chi connectivity index (χ4n) is 0.693. The Balaban J connectivity index is 3.16. The van der Waals surface area contributed by atoms with Gasteiger partial charge < -0.3 is 0 Å². The Labute approximate surface area is 68.8 Å². The SMILES string of the molecule is CCCCCCO[Se](=O)(=O)O. The molecule has 0 aromatic carbocycles. The monoisotopic (exact) mass is 230 g/mol. The summed E-state index contributed by atoms with van der Waals surface area (Å²) in [5.74, 6) is 0. The Bertz CT molecular complexity index is 173. The molecule has 68 valence electrons. The molecule has 0 aliphatic rings. The first-order valence-electron chi connectivity index (χ1n) is 3.68. The molecule has 0 aliphatic heterocycles. The maximum absolute atomic E-state index is 10.1. The van der Waals surface area contributed by atoms with E-state index in [1.807, 2.05) is 0 Å². The van der Waals surface area contributed by atoms with Crippen LogP contribution in [0.2, 0.25) is 0 Å². The van der Waals surface area contributed by atoms with Crippen LogP contribution < -0.4 is 0 Å². The first-order chi connectivity index (χ1) is 5.06. The van der Waals surface area contributed by atoms with Crippen molar-refractivity contribution < 1.29 is 15.7 Å². The van der Waals surface area contributed by atoms with E-state index in [4.69, 9.17) is 4.19 Å². The molecule has 0 heterocycles. The van der Waals surface area contributed by atoms with Crippen LogP contribution in [0.1, 0.15) is 32.6 Å². The Kier molecular flexibility index (Phi) is 5.68. The molecule has 0 bridgehead atoms. The van der Waals surface area contributed by atoms with Crippen LogP contribution >= 0.6 is 0 Å². The normalized spacial score (nSPS) is 11.8. The molecule has 0 unspecified atom stereocenters. The zero-order valence-corrected chi connectivity index (χ0v) is 8.33. The van der Waals surface area contributed by atoms with Gasteiger partial charge in [0, 0.05) is 0 Å². The second-order valence-electron chi connectivity index (χ2n) is 2.31. The summed E-state index contributed by atoms with van der Waals surface area (Å²) in [6, 6.07) is 0. The van der Waals surface area contributed by atoms with Crippen LogP contribution in [0.15, 0.2) is 0 Å². The van der Waals surface area contributed by atoms with E-state index < -0.39 is 13.4 Å². The first kappa shape index (κ1) is 11.0. The summed E-state index contributed by atoms with van der Waals surface area (Å²) < 4.78 is 32.5. The Hall–Kier alpha value is 0.0395. The molecule has 4 nitrogen and oxygen atoms in total. The number of hydrogen-bond acceptors (Lipinski definition) is 3. The van der Waals surface area contributed by atoms with Gasteiger partial charge in [0.1, 0.15) is 0 Å². The molecule has 11 heavy (non-hydrogen) atoms. The van der Waals surface area contributed by atoms with Crippen molar-refractivity contribution in [2.24, 2.45) is 0 Å². The molecular formula is C6H14O4Se. The van der Waals surface area contributed by atoms with Gasteiger partial charge >= 0.3 is 68.3 Å². The van der Waals surface area contributed by atoms with Crippen molar-refractivity contribution in [3.8, 4) is 0 Å². The van der Waals surface area contributed by atoms with Gasteiger partial charge in [0.15, 0.2) is 0 Å². The van der Waals surface area contributed by atoms with Gasteiger partial charge in [-0.3, -0.25) is 0 Å². The van der Waals surface area contributed by atoms with E-state index >= 15 is 0 Å². The predicted molar refractivity (Wildman–Crippen MR) is 39.4 cm³/mol. The zero-order valence-electron chi connectivity index (χ0n) is 6.62. The van der Waals surface area contributed by atoms with Crippen molar-refractivity contribution >= 4 is 13.4 Å². The molecule has 0 radical (unpaired) electrons. The van der Waals surface area contributed by atoms with Crippen molar-refractivity contribution in [2.75, 3.05) is 6.61 Å².